The molecule has 0 unspecified atom stereocenters. The van der Waals surface area contributed by atoms with Crippen molar-refractivity contribution in [3.05, 3.63) is 35.9 Å². The van der Waals surface area contributed by atoms with Crippen LogP contribution in [0.3, 0.4) is 0 Å². The molecule has 1 amide bonds. The van der Waals surface area contributed by atoms with E-state index in [2.05, 4.69) is 40.5 Å². The minimum Gasteiger partial charge on any atom is -0.369 e. The number of anilines is 1. The van der Waals surface area contributed by atoms with Crippen LogP contribution in [0.15, 0.2) is 23.0 Å². The molecule has 35 heavy (non-hydrogen) atoms. The number of aromatic nitrogens is 6. The second-order valence-corrected chi connectivity index (χ2v) is 8.71. The van der Waals surface area contributed by atoms with E-state index in [4.69, 9.17) is 4.52 Å². The van der Waals surface area contributed by atoms with E-state index in [1.54, 1.807) is 12.4 Å². The Labute approximate surface area is 197 Å². The Balaban J connectivity index is 1.35. The summed E-state index contributed by atoms with van der Waals surface area (Å²) >= 11 is 0. The average molecular weight is 492 g/mol. The van der Waals surface area contributed by atoms with Gasteiger partial charge in [-0.2, -0.15) is 18.3 Å². The summed E-state index contributed by atoms with van der Waals surface area (Å²) in [5, 5.41) is 12.3. The fourth-order valence-electron chi connectivity index (χ4n) is 3.43. The largest absolute Gasteiger partial charge is 0.401 e. The molecule has 3 aromatic rings. The number of nitrogens with zero attached hydrogens (tertiary/aromatic N) is 6. The molecule has 2 N–H and O–H groups in total. The van der Waals surface area contributed by atoms with Crippen molar-refractivity contribution in [1.29, 1.82) is 0 Å². The summed E-state index contributed by atoms with van der Waals surface area (Å²) in [6.07, 6.45) is 1.31. The third-order valence-electron chi connectivity index (χ3n) is 5.91. The van der Waals surface area contributed by atoms with Gasteiger partial charge in [-0.3, -0.25) is 9.89 Å². The highest BCUT2D eigenvalue weighted by Crippen LogP contribution is 2.38. The van der Waals surface area contributed by atoms with Gasteiger partial charge in [-0.25, -0.2) is 15.0 Å². The number of halogens is 3. The summed E-state index contributed by atoms with van der Waals surface area (Å²) in [6.45, 7) is 3.22. The van der Waals surface area contributed by atoms with E-state index in [0.29, 0.717) is 0 Å². The summed E-state index contributed by atoms with van der Waals surface area (Å²) in [4.78, 5) is 37.8. The smallest absolute Gasteiger partial charge is 0.369 e. The maximum absolute atomic E-state index is 13.1. The zero-order chi connectivity index (χ0) is 25.2. The molecule has 0 atom stereocenters. The maximum atomic E-state index is 13.1. The molecule has 0 aliphatic carbocycles. The molecule has 0 aromatic carbocycles. The van der Waals surface area contributed by atoms with Crippen molar-refractivity contribution < 1.29 is 27.3 Å². The van der Waals surface area contributed by atoms with E-state index in [9.17, 15) is 22.8 Å². The Morgan fingerprint density at radius 1 is 1.26 bits per heavy atom. The Bertz CT molecular complexity index is 1180. The summed E-state index contributed by atoms with van der Waals surface area (Å²) in [5.41, 5.74) is -1.18. The van der Waals surface area contributed by atoms with Crippen LogP contribution >= 0.6 is 0 Å². The molecule has 0 spiro atoms. The van der Waals surface area contributed by atoms with Crippen molar-refractivity contribution in [3.63, 3.8) is 0 Å². The molecular formula is C21H23F3N8O3. The van der Waals surface area contributed by atoms with Crippen molar-refractivity contribution in [2.45, 2.75) is 44.8 Å². The maximum Gasteiger partial charge on any atom is 0.401 e. The molecule has 0 radical (unpaired) electrons. The number of aromatic amines is 1. The number of nitrogens with one attached hydrogen (secondary N) is 2. The van der Waals surface area contributed by atoms with E-state index in [1.165, 1.54) is 6.07 Å². The highest BCUT2D eigenvalue weighted by molar-refractivity contribution is 5.92. The molecule has 14 heteroatoms. The number of H-pyrrole nitrogens is 1. The molecular weight excluding hydrogens is 469 g/mol. The molecule has 1 aliphatic rings. The van der Waals surface area contributed by atoms with Crippen LogP contribution in [0.5, 0.6) is 0 Å². The minimum atomic E-state index is -4.53. The Kier molecular flexibility index (Phi) is 6.54. The summed E-state index contributed by atoms with van der Waals surface area (Å²) in [7, 11) is 0. The zero-order valence-electron chi connectivity index (χ0n) is 19.0. The average Bonchev–Trinajstić information content (AvgIpc) is 3.53. The van der Waals surface area contributed by atoms with Gasteiger partial charge >= 0.3 is 6.18 Å². The lowest BCUT2D eigenvalue weighted by molar-refractivity contribution is -0.182. The third kappa shape index (κ3) is 5.15. The first-order valence-electron chi connectivity index (χ1n) is 10.8. The van der Waals surface area contributed by atoms with E-state index < -0.39 is 23.3 Å². The lowest BCUT2D eigenvalue weighted by Gasteiger charge is -2.30. The quantitative estimate of drug-likeness (QED) is 0.475. The summed E-state index contributed by atoms with van der Waals surface area (Å²) < 4.78 is 44.5. The SMILES string of the molecule is CC(C)(c1n[nH]c(CNC(=O)c2cc(-c3ncc(N4CCC(C=O)CC4)cn3)no2)n1)C(F)(F)F. The molecule has 4 heterocycles. The van der Waals surface area contributed by atoms with Gasteiger partial charge in [0.2, 0.25) is 5.76 Å². The second kappa shape index (κ2) is 9.43. The molecule has 1 saturated heterocycles. The number of aldehydes is 1. The van der Waals surface area contributed by atoms with Crippen LogP contribution in [0.4, 0.5) is 18.9 Å². The molecule has 0 saturated carbocycles. The van der Waals surface area contributed by atoms with E-state index in [0.717, 1.165) is 51.8 Å². The van der Waals surface area contributed by atoms with Crippen LogP contribution in [-0.2, 0) is 16.8 Å². The monoisotopic (exact) mass is 492 g/mol. The first kappa shape index (κ1) is 24.3. The van der Waals surface area contributed by atoms with Crippen molar-refractivity contribution >= 4 is 17.9 Å². The fourth-order valence-corrected chi connectivity index (χ4v) is 3.43. The van der Waals surface area contributed by atoms with Gasteiger partial charge < -0.3 is 19.5 Å². The molecule has 1 aliphatic heterocycles. The van der Waals surface area contributed by atoms with E-state index in [-0.39, 0.29) is 35.6 Å². The standard InChI is InChI=1S/C21H23F3N8O3/c1-20(2,21(22,23)24)19-28-16(29-30-19)10-27-18(34)15-7-14(31-35-15)17-25-8-13(9-26-17)32-5-3-12(11-33)4-6-32/h7-9,11-12H,3-6,10H2,1-2H3,(H,27,34)(H,28,29,30). The van der Waals surface area contributed by atoms with Crippen molar-refractivity contribution in [2.75, 3.05) is 18.0 Å². The number of carbonyl (C=O) groups is 2. The first-order valence-corrected chi connectivity index (χ1v) is 10.8. The van der Waals surface area contributed by atoms with Gasteiger partial charge in [0.15, 0.2) is 17.3 Å². The minimum absolute atomic E-state index is 0.0570. The molecule has 1 fully saturated rings. The van der Waals surface area contributed by atoms with Gasteiger partial charge in [-0.1, -0.05) is 5.16 Å². The van der Waals surface area contributed by atoms with Gasteiger partial charge in [0.05, 0.1) is 24.6 Å². The van der Waals surface area contributed by atoms with Crippen LogP contribution in [0.2, 0.25) is 0 Å². The van der Waals surface area contributed by atoms with Crippen LogP contribution < -0.4 is 10.2 Å². The Hall–Kier alpha value is -3.84. The first-order chi connectivity index (χ1) is 16.6. The van der Waals surface area contributed by atoms with Crippen molar-refractivity contribution in [1.82, 2.24) is 35.6 Å². The van der Waals surface area contributed by atoms with Gasteiger partial charge in [0, 0.05) is 25.1 Å². The Morgan fingerprint density at radius 2 is 1.94 bits per heavy atom. The van der Waals surface area contributed by atoms with Gasteiger partial charge in [0.25, 0.3) is 5.91 Å². The molecule has 186 valence electrons. The molecule has 3 aromatic heterocycles. The molecule has 0 bridgehead atoms. The van der Waals surface area contributed by atoms with Crippen molar-refractivity contribution in [2.24, 2.45) is 5.92 Å². The predicted molar refractivity (Wildman–Crippen MR) is 115 cm³/mol. The second-order valence-electron chi connectivity index (χ2n) is 8.71. The van der Waals surface area contributed by atoms with E-state index >= 15 is 0 Å². The lowest BCUT2D eigenvalue weighted by atomic mass is 9.92. The van der Waals surface area contributed by atoms with E-state index in [1.807, 2.05) is 0 Å². The third-order valence-corrected chi connectivity index (χ3v) is 5.91. The number of hydrogen-bond acceptors (Lipinski definition) is 9. The normalized spacial score (nSPS) is 15.3. The number of alkyl halides is 3. The number of rotatable bonds is 7. The van der Waals surface area contributed by atoms with Crippen LogP contribution in [0, 0.1) is 5.92 Å². The Morgan fingerprint density at radius 3 is 2.57 bits per heavy atom. The van der Waals surface area contributed by atoms with Crippen LogP contribution in [0.1, 0.15) is 48.9 Å². The number of carbonyl (C=O) groups excluding carboxylic acids is 2. The zero-order valence-corrected chi connectivity index (χ0v) is 19.0. The van der Waals surface area contributed by atoms with Crippen LogP contribution in [0.25, 0.3) is 11.5 Å². The lowest BCUT2D eigenvalue weighted by Crippen LogP contribution is -2.37. The number of piperidine rings is 1. The fraction of sp³-hybridized carbons (Fsp3) is 0.476. The summed E-state index contributed by atoms with van der Waals surface area (Å²) in [6, 6.07) is 1.36. The van der Waals surface area contributed by atoms with Crippen LogP contribution in [-0.4, -0.2) is 61.8 Å². The predicted octanol–water partition coefficient (Wildman–Crippen LogP) is 2.43. The summed E-state index contributed by atoms with van der Waals surface area (Å²) in [5.74, 6) is -0.797. The molecule has 4 rings (SSSR count). The molecule has 11 nitrogen and oxygen atoms in total. The number of hydrogen-bond donors (Lipinski definition) is 2. The highest BCUT2D eigenvalue weighted by atomic mass is 19.4. The van der Waals surface area contributed by atoms with Gasteiger partial charge in [-0.05, 0) is 26.7 Å². The topological polar surface area (TPSA) is 143 Å². The van der Waals surface area contributed by atoms with Gasteiger partial charge in [0.1, 0.15) is 17.5 Å². The van der Waals surface area contributed by atoms with Crippen molar-refractivity contribution in [3.8, 4) is 11.5 Å². The highest BCUT2D eigenvalue weighted by Gasteiger charge is 2.51. The van der Waals surface area contributed by atoms with Gasteiger partial charge in [-0.15, -0.1) is 0 Å². The number of amides is 1.